The second-order valence-electron chi connectivity index (χ2n) is 6.26. The van der Waals surface area contributed by atoms with Crippen LogP contribution in [0, 0.1) is 18.3 Å². The number of hydrogen-bond acceptors (Lipinski definition) is 4. The lowest BCUT2D eigenvalue weighted by Gasteiger charge is -2.21. The first-order valence-corrected chi connectivity index (χ1v) is 9.52. The van der Waals surface area contributed by atoms with Gasteiger partial charge in [-0.15, -0.1) is 11.3 Å². The van der Waals surface area contributed by atoms with E-state index in [9.17, 15) is 4.79 Å². The largest absolute Gasteiger partial charge is 0.481 e. The molecule has 0 radical (unpaired) electrons. The quantitative estimate of drug-likeness (QED) is 0.684. The Bertz CT molecular complexity index is 926. The number of amides is 1. The first-order chi connectivity index (χ1) is 13.1. The Morgan fingerprint density at radius 1 is 1.11 bits per heavy atom. The molecule has 4 nitrogen and oxygen atoms in total. The number of nitriles is 1. The smallest absolute Gasteiger partial charge is 0.261 e. The predicted molar refractivity (Wildman–Crippen MR) is 107 cm³/mol. The van der Waals surface area contributed by atoms with Crippen molar-refractivity contribution in [2.24, 2.45) is 0 Å². The lowest BCUT2D eigenvalue weighted by Crippen LogP contribution is -2.38. The highest BCUT2D eigenvalue weighted by Crippen LogP contribution is 2.26. The van der Waals surface area contributed by atoms with Crippen LogP contribution < -0.4 is 10.1 Å². The van der Waals surface area contributed by atoms with Crippen molar-refractivity contribution in [1.82, 2.24) is 5.32 Å². The molecule has 3 aromatic rings. The normalized spacial score (nSPS) is 12.6. The minimum atomic E-state index is -0.661. The summed E-state index contributed by atoms with van der Waals surface area (Å²) in [6.07, 6.45) is -0.661. The van der Waals surface area contributed by atoms with E-state index in [0.29, 0.717) is 11.3 Å². The number of thiophene rings is 1. The molecule has 1 N–H and O–H groups in total. The van der Waals surface area contributed by atoms with Crippen LogP contribution in [0.4, 0.5) is 0 Å². The molecule has 0 aliphatic heterocycles. The summed E-state index contributed by atoms with van der Waals surface area (Å²) in [6, 6.07) is 20.7. The molecule has 2 aromatic carbocycles. The second-order valence-corrected chi connectivity index (χ2v) is 7.24. The first-order valence-electron chi connectivity index (χ1n) is 8.64. The summed E-state index contributed by atoms with van der Waals surface area (Å²) >= 11 is 1.61. The average Bonchev–Trinajstić information content (AvgIpc) is 3.22. The number of aryl methyl sites for hydroxylation is 1. The fourth-order valence-corrected chi connectivity index (χ4v) is 3.46. The van der Waals surface area contributed by atoms with Crippen LogP contribution in [-0.4, -0.2) is 12.0 Å². The van der Waals surface area contributed by atoms with Gasteiger partial charge in [-0.25, -0.2) is 0 Å². The summed E-state index contributed by atoms with van der Waals surface area (Å²) in [7, 11) is 0. The Balaban J connectivity index is 1.73. The van der Waals surface area contributed by atoms with E-state index in [4.69, 9.17) is 10.00 Å². The molecule has 3 rings (SSSR count). The predicted octanol–water partition coefficient (Wildman–Crippen LogP) is 4.60. The molecule has 5 heteroatoms. The summed E-state index contributed by atoms with van der Waals surface area (Å²) in [4.78, 5) is 13.8. The molecular formula is C22H20N2O2S. The number of ether oxygens (including phenoxy) is 1. The molecule has 0 saturated heterocycles. The Morgan fingerprint density at radius 3 is 2.41 bits per heavy atom. The highest BCUT2D eigenvalue weighted by atomic mass is 32.1. The lowest BCUT2D eigenvalue weighted by molar-refractivity contribution is -0.127. The van der Waals surface area contributed by atoms with E-state index in [2.05, 4.69) is 11.4 Å². The average molecular weight is 376 g/mol. The van der Waals surface area contributed by atoms with Crippen molar-refractivity contribution >= 4 is 17.2 Å². The Morgan fingerprint density at radius 2 is 1.81 bits per heavy atom. The molecular weight excluding hydrogens is 356 g/mol. The highest BCUT2D eigenvalue weighted by Gasteiger charge is 2.22. The molecule has 0 spiro atoms. The van der Waals surface area contributed by atoms with Gasteiger partial charge < -0.3 is 10.1 Å². The van der Waals surface area contributed by atoms with Gasteiger partial charge in [0.05, 0.1) is 17.7 Å². The molecule has 27 heavy (non-hydrogen) atoms. The number of hydrogen-bond donors (Lipinski definition) is 1. The van der Waals surface area contributed by atoms with Crippen molar-refractivity contribution in [1.29, 1.82) is 5.26 Å². The van der Waals surface area contributed by atoms with Gasteiger partial charge in [0, 0.05) is 4.88 Å². The van der Waals surface area contributed by atoms with Crippen LogP contribution in [0.1, 0.15) is 34.5 Å². The molecule has 0 aliphatic carbocycles. The van der Waals surface area contributed by atoms with E-state index in [0.717, 1.165) is 10.4 Å². The van der Waals surface area contributed by atoms with E-state index >= 15 is 0 Å². The van der Waals surface area contributed by atoms with Gasteiger partial charge in [0.1, 0.15) is 5.75 Å². The van der Waals surface area contributed by atoms with Crippen LogP contribution in [0.15, 0.2) is 66.0 Å². The van der Waals surface area contributed by atoms with Crippen LogP contribution in [0.25, 0.3) is 0 Å². The van der Waals surface area contributed by atoms with Crippen LogP contribution in [-0.2, 0) is 4.79 Å². The molecule has 0 unspecified atom stereocenters. The van der Waals surface area contributed by atoms with Crippen molar-refractivity contribution < 1.29 is 9.53 Å². The summed E-state index contributed by atoms with van der Waals surface area (Å²) in [5.41, 5.74) is 2.76. The van der Waals surface area contributed by atoms with Crippen molar-refractivity contribution in [2.75, 3.05) is 0 Å². The molecule has 1 heterocycles. The molecule has 136 valence electrons. The number of nitrogens with one attached hydrogen (secondary N) is 1. The summed E-state index contributed by atoms with van der Waals surface area (Å²) in [5.74, 6) is 0.359. The van der Waals surface area contributed by atoms with Crippen molar-refractivity contribution in [3.63, 3.8) is 0 Å². The zero-order valence-corrected chi connectivity index (χ0v) is 16.0. The molecule has 0 fully saturated rings. The fourth-order valence-electron chi connectivity index (χ4n) is 2.66. The van der Waals surface area contributed by atoms with Crippen LogP contribution in [0.2, 0.25) is 0 Å². The highest BCUT2D eigenvalue weighted by molar-refractivity contribution is 7.10. The maximum atomic E-state index is 12.7. The fraction of sp³-hybridized carbons (Fsp3) is 0.182. The van der Waals surface area contributed by atoms with Gasteiger partial charge in [0.15, 0.2) is 6.10 Å². The van der Waals surface area contributed by atoms with Gasteiger partial charge in [-0.1, -0.05) is 35.9 Å². The topological polar surface area (TPSA) is 62.1 Å². The Hall–Kier alpha value is -3.10. The monoisotopic (exact) mass is 376 g/mol. The molecule has 0 aliphatic rings. The number of rotatable bonds is 6. The third-order valence-corrected chi connectivity index (χ3v) is 5.13. The van der Waals surface area contributed by atoms with Gasteiger partial charge >= 0.3 is 0 Å². The molecule has 0 bridgehead atoms. The van der Waals surface area contributed by atoms with Crippen LogP contribution in [0.3, 0.4) is 0 Å². The second kappa shape index (κ2) is 8.52. The summed E-state index contributed by atoms with van der Waals surface area (Å²) in [6.45, 7) is 3.75. The SMILES string of the molecule is Cc1ccc([C@H](NC(=O)[C@H](C)Oc2ccc(C#N)cc2)c2cccs2)cc1. The van der Waals surface area contributed by atoms with Crippen molar-refractivity contribution in [3.05, 3.63) is 87.6 Å². The van der Waals surface area contributed by atoms with Gasteiger partial charge in [0.2, 0.25) is 0 Å². The number of carbonyl (C=O) groups is 1. The van der Waals surface area contributed by atoms with E-state index in [1.54, 1.807) is 42.5 Å². The molecule has 2 atom stereocenters. The minimum Gasteiger partial charge on any atom is -0.481 e. The van der Waals surface area contributed by atoms with Gasteiger partial charge in [0.25, 0.3) is 5.91 Å². The van der Waals surface area contributed by atoms with E-state index in [-0.39, 0.29) is 11.9 Å². The minimum absolute atomic E-state index is 0.196. The number of nitrogens with zero attached hydrogens (tertiary/aromatic N) is 1. The number of benzene rings is 2. The maximum Gasteiger partial charge on any atom is 0.261 e. The van der Waals surface area contributed by atoms with Gasteiger partial charge in [-0.3, -0.25) is 4.79 Å². The zero-order valence-electron chi connectivity index (χ0n) is 15.2. The van der Waals surface area contributed by atoms with E-state index < -0.39 is 6.10 Å². The maximum absolute atomic E-state index is 12.7. The third-order valence-electron chi connectivity index (χ3n) is 4.19. The van der Waals surface area contributed by atoms with E-state index in [1.807, 2.05) is 48.7 Å². The van der Waals surface area contributed by atoms with Crippen LogP contribution >= 0.6 is 11.3 Å². The van der Waals surface area contributed by atoms with Gasteiger partial charge in [-0.05, 0) is 55.1 Å². The van der Waals surface area contributed by atoms with Crippen LogP contribution in [0.5, 0.6) is 5.75 Å². The Kier molecular flexibility index (Phi) is 5.90. The zero-order chi connectivity index (χ0) is 19.2. The number of carbonyl (C=O) groups excluding carboxylic acids is 1. The standard InChI is InChI=1S/C22H20N2O2S/c1-15-5-9-18(10-6-15)21(20-4-3-13-27-20)24-22(25)16(2)26-19-11-7-17(14-23)8-12-19/h3-13,16,21H,1-2H3,(H,24,25)/t16-,21-/m0/s1. The van der Waals surface area contributed by atoms with Crippen molar-refractivity contribution in [2.45, 2.75) is 26.0 Å². The lowest BCUT2D eigenvalue weighted by atomic mass is 10.0. The molecule has 1 aromatic heterocycles. The van der Waals surface area contributed by atoms with Gasteiger partial charge in [-0.2, -0.15) is 5.26 Å². The first kappa shape index (κ1) is 18.7. The van der Waals surface area contributed by atoms with E-state index in [1.165, 1.54) is 5.56 Å². The summed E-state index contributed by atoms with van der Waals surface area (Å²) < 4.78 is 5.73. The molecule has 0 saturated carbocycles. The molecule has 1 amide bonds. The third kappa shape index (κ3) is 4.75. The summed E-state index contributed by atoms with van der Waals surface area (Å²) in [5, 5.41) is 14.0. The van der Waals surface area contributed by atoms with Crippen molar-refractivity contribution in [3.8, 4) is 11.8 Å². The Labute approximate surface area is 163 Å².